The number of nitriles is 1. The highest BCUT2D eigenvalue weighted by atomic mass is 16.3. The standard InChI is InChI=1S/C21H25N5O/c22-16-21(17-5-2-1-3-6-17)9-13-25(14-10-21)20-23-11-8-19(24-20)26-12-4-7-18(27)15-26/h1-3,5-6,8,11,18,27H,4,7,9-10,12-15H2/t18-/m0/s1. The van der Waals surface area contributed by atoms with E-state index >= 15 is 0 Å². The van der Waals surface area contributed by atoms with Crippen LogP contribution in [0.1, 0.15) is 31.2 Å². The van der Waals surface area contributed by atoms with Crippen molar-refractivity contribution in [1.82, 2.24) is 9.97 Å². The van der Waals surface area contributed by atoms with Crippen molar-refractivity contribution in [2.45, 2.75) is 37.2 Å². The topological polar surface area (TPSA) is 76.3 Å². The van der Waals surface area contributed by atoms with E-state index in [2.05, 4.69) is 33.0 Å². The molecule has 1 atom stereocenters. The number of nitrogens with zero attached hydrogens (tertiary/aromatic N) is 5. The molecule has 1 aromatic carbocycles. The Balaban J connectivity index is 1.48. The Morgan fingerprint density at radius 1 is 1.07 bits per heavy atom. The Morgan fingerprint density at radius 2 is 1.85 bits per heavy atom. The molecule has 1 N–H and O–H groups in total. The highest BCUT2D eigenvalue weighted by molar-refractivity contribution is 5.45. The molecule has 2 saturated heterocycles. The van der Waals surface area contributed by atoms with Crippen LogP contribution in [0.2, 0.25) is 0 Å². The quantitative estimate of drug-likeness (QED) is 0.903. The molecule has 0 amide bonds. The fourth-order valence-corrected chi connectivity index (χ4v) is 4.14. The summed E-state index contributed by atoms with van der Waals surface area (Å²) in [4.78, 5) is 13.5. The lowest BCUT2D eigenvalue weighted by Gasteiger charge is -2.38. The molecule has 0 unspecified atom stereocenters. The van der Waals surface area contributed by atoms with Gasteiger partial charge in [0.2, 0.25) is 5.95 Å². The molecular weight excluding hydrogens is 338 g/mol. The van der Waals surface area contributed by atoms with Gasteiger partial charge in [0.25, 0.3) is 0 Å². The predicted molar refractivity (Wildman–Crippen MR) is 105 cm³/mol. The summed E-state index contributed by atoms with van der Waals surface area (Å²) >= 11 is 0. The number of aromatic nitrogens is 2. The zero-order valence-electron chi connectivity index (χ0n) is 15.5. The van der Waals surface area contributed by atoms with Gasteiger partial charge in [0.15, 0.2) is 0 Å². The summed E-state index contributed by atoms with van der Waals surface area (Å²) in [7, 11) is 0. The number of anilines is 2. The molecule has 0 radical (unpaired) electrons. The van der Waals surface area contributed by atoms with Gasteiger partial charge in [0.1, 0.15) is 5.82 Å². The van der Waals surface area contributed by atoms with E-state index in [-0.39, 0.29) is 6.10 Å². The van der Waals surface area contributed by atoms with Crippen LogP contribution in [0.4, 0.5) is 11.8 Å². The fourth-order valence-electron chi connectivity index (χ4n) is 4.14. The number of benzene rings is 1. The zero-order valence-corrected chi connectivity index (χ0v) is 15.5. The van der Waals surface area contributed by atoms with E-state index in [9.17, 15) is 10.4 Å². The summed E-state index contributed by atoms with van der Waals surface area (Å²) < 4.78 is 0. The van der Waals surface area contributed by atoms with Gasteiger partial charge in [-0.3, -0.25) is 0 Å². The van der Waals surface area contributed by atoms with E-state index < -0.39 is 5.41 Å². The van der Waals surface area contributed by atoms with E-state index in [1.54, 1.807) is 6.20 Å². The smallest absolute Gasteiger partial charge is 0.227 e. The number of hydrogen-bond acceptors (Lipinski definition) is 6. The Labute approximate surface area is 160 Å². The summed E-state index contributed by atoms with van der Waals surface area (Å²) in [5.41, 5.74) is 0.677. The van der Waals surface area contributed by atoms with Crippen LogP contribution >= 0.6 is 0 Å². The highest BCUT2D eigenvalue weighted by Crippen LogP contribution is 2.35. The molecule has 2 aliphatic rings. The Morgan fingerprint density at radius 3 is 2.56 bits per heavy atom. The maximum absolute atomic E-state index is 9.93. The molecule has 4 rings (SSSR count). The van der Waals surface area contributed by atoms with Crippen LogP contribution < -0.4 is 9.80 Å². The van der Waals surface area contributed by atoms with E-state index in [1.165, 1.54) is 0 Å². The first-order valence-corrected chi connectivity index (χ1v) is 9.68. The van der Waals surface area contributed by atoms with Gasteiger partial charge in [-0.25, -0.2) is 4.98 Å². The average molecular weight is 363 g/mol. The van der Waals surface area contributed by atoms with Gasteiger partial charge in [-0.15, -0.1) is 0 Å². The lowest BCUT2D eigenvalue weighted by Crippen LogP contribution is -2.43. The summed E-state index contributed by atoms with van der Waals surface area (Å²) in [6.07, 6.45) is 4.88. The zero-order chi connectivity index (χ0) is 18.7. The van der Waals surface area contributed by atoms with E-state index in [0.717, 1.165) is 56.7 Å². The number of piperidine rings is 2. The molecule has 0 aliphatic carbocycles. The van der Waals surface area contributed by atoms with E-state index in [4.69, 9.17) is 4.98 Å². The Bertz CT molecular complexity index is 811. The van der Waals surface area contributed by atoms with Crippen molar-refractivity contribution in [3.8, 4) is 6.07 Å². The molecule has 1 aromatic heterocycles. The predicted octanol–water partition coefficient (Wildman–Crippen LogP) is 2.50. The third-order valence-electron chi connectivity index (χ3n) is 5.79. The van der Waals surface area contributed by atoms with Crippen LogP contribution in [0, 0.1) is 11.3 Å². The third kappa shape index (κ3) is 3.60. The lowest BCUT2D eigenvalue weighted by atomic mass is 9.74. The van der Waals surface area contributed by atoms with Crippen LogP contribution in [0.5, 0.6) is 0 Å². The molecule has 3 heterocycles. The average Bonchev–Trinajstić information content (AvgIpc) is 2.74. The minimum Gasteiger partial charge on any atom is -0.391 e. The molecule has 0 spiro atoms. The SMILES string of the molecule is N#CC1(c2ccccc2)CCN(c2nccc(N3CCC[C@H](O)C3)n2)CC1. The van der Waals surface area contributed by atoms with Crippen molar-refractivity contribution in [1.29, 1.82) is 5.26 Å². The first-order valence-electron chi connectivity index (χ1n) is 9.68. The number of hydrogen-bond donors (Lipinski definition) is 1. The van der Waals surface area contributed by atoms with Crippen molar-refractivity contribution in [2.24, 2.45) is 0 Å². The Hall–Kier alpha value is -2.65. The van der Waals surface area contributed by atoms with Gasteiger partial charge in [-0.05, 0) is 37.3 Å². The normalized spacial score (nSPS) is 22.3. The molecule has 140 valence electrons. The molecule has 2 aliphatic heterocycles. The van der Waals surface area contributed by atoms with Gasteiger partial charge in [0.05, 0.1) is 17.6 Å². The first-order chi connectivity index (χ1) is 13.2. The molecule has 0 saturated carbocycles. The molecular formula is C21H25N5O. The first kappa shape index (κ1) is 17.7. The largest absolute Gasteiger partial charge is 0.391 e. The second kappa shape index (κ2) is 7.53. The summed E-state index contributed by atoms with van der Waals surface area (Å²) in [5.74, 6) is 1.59. The maximum atomic E-state index is 9.93. The summed E-state index contributed by atoms with van der Waals surface area (Å²) in [6.45, 7) is 3.06. The minimum absolute atomic E-state index is 0.283. The molecule has 6 nitrogen and oxygen atoms in total. The van der Waals surface area contributed by atoms with Gasteiger partial charge in [0, 0.05) is 32.4 Å². The van der Waals surface area contributed by atoms with Gasteiger partial charge >= 0.3 is 0 Å². The van der Waals surface area contributed by atoms with E-state index in [0.29, 0.717) is 12.5 Å². The van der Waals surface area contributed by atoms with Gasteiger partial charge in [-0.2, -0.15) is 10.2 Å². The molecule has 2 aromatic rings. The van der Waals surface area contributed by atoms with Crippen molar-refractivity contribution < 1.29 is 5.11 Å². The van der Waals surface area contributed by atoms with Crippen LogP contribution in [-0.4, -0.2) is 47.4 Å². The highest BCUT2D eigenvalue weighted by Gasteiger charge is 2.37. The number of aliphatic hydroxyl groups excluding tert-OH is 1. The second-order valence-electron chi connectivity index (χ2n) is 7.50. The number of rotatable bonds is 3. The van der Waals surface area contributed by atoms with Gasteiger partial charge < -0.3 is 14.9 Å². The van der Waals surface area contributed by atoms with E-state index in [1.807, 2.05) is 24.3 Å². The maximum Gasteiger partial charge on any atom is 0.227 e. The lowest BCUT2D eigenvalue weighted by molar-refractivity contribution is 0.154. The second-order valence-corrected chi connectivity index (χ2v) is 7.50. The molecule has 27 heavy (non-hydrogen) atoms. The molecule has 2 fully saturated rings. The van der Waals surface area contributed by atoms with Crippen LogP contribution in [-0.2, 0) is 5.41 Å². The Kier molecular flexibility index (Phi) is 4.95. The van der Waals surface area contributed by atoms with Crippen molar-refractivity contribution in [3.05, 3.63) is 48.2 Å². The third-order valence-corrected chi connectivity index (χ3v) is 5.79. The van der Waals surface area contributed by atoms with Gasteiger partial charge in [-0.1, -0.05) is 30.3 Å². The number of β-amino-alcohol motifs (C(OH)–C–C–N with tert-alkyl or cyclic N) is 1. The summed E-state index contributed by atoms with van der Waals surface area (Å²) in [6, 6.07) is 14.6. The molecule has 6 heteroatoms. The molecule has 0 bridgehead atoms. The number of aliphatic hydroxyl groups is 1. The van der Waals surface area contributed by atoms with Crippen molar-refractivity contribution in [3.63, 3.8) is 0 Å². The van der Waals surface area contributed by atoms with Crippen molar-refractivity contribution >= 4 is 11.8 Å². The minimum atomic E-state index is -0.424. The van der Waals surface area contributed by atoms with Crippen LogP contribution in [0.15, 0.2) is 42.6 Å². The summed E-state index contributed by atoms with van der Waals surface area (Å²) in [5, 5.41) is 19.8. The fraction of sp³-hybridized carbons (Fsp3) is 0.476. The van der Waals surface area contributed by atoms with Crippen LogP contribution in [0.25, 0.3) is 0 Å². The van der Waals surface area contributed by atoms with Crippen molar-refractivity contribution in [2.75, 3.05) is 36.0 Å². The monoisotopic (exact) mass is 363 g/mol. The van der Waals surface area contributed by atoms with Crippen LogP contribution in [0.3, 0.4) is 0 Å².